The highest BCUT2D eigenvalue weighted by atomic mass is 35.5. The maximum Gasteiger partial charge on any atom is 0.323 e. The van der Waals surface area contributed by atoms with Crippen molar-refractivity contribution in [1.29, 1.82) is 0 Å². The monoisotopic (exact) mass is 669 g/mol. The smallest absolute Gasteiger partial charge is 0.323 e. The Morgan fingerprint density at radius 1 is 1.00 bits per heavy atom. The van der Waals surface area contributed by atoms with Crippen molar-refractivity contribution in [3.63, 3.8) is 0 Å². The lowest BCUT2D eigenvalue weighted by atomic mass is 9.91. The summed E-state index contributed by atoms with van der Waals surface area (Å²) in [5, 5.41) is 6.43. The standard InChI is InChI=1S/C34H48ClN7O3S/c1-23-18-24(20-29(35)31(23)36)19-26(33(44)41-13-4-27(5-14-41)39-10-3-9-38(2)15-16-39)21-30(43)40-11-6-28(7-12-40)42-22-25-8-17-46-32(25)37-34(42)45/h8,17-18,20,26-28H,3-7,9-16,19,21-22,36H2,1-2H3,(H,37,45)/t26-/m0/s1. The van der Waals surface area contributed by atoms with Gasteiger partial charge in [-0.05, 0) is 94.2 Å². The number of halogens is 1. The van der Waals surface area contributed by atoms with Gasteiger partial charge in [-0.2, -0.15) is 0 Å². The van der Waals surface area contributed by atoms with Crippen LogP contribution in [0.4, 0.5) is 15.5 Å². The Hall–Kier alpha value is -2.86. The molecule has 0 saturated carbocycles. The fourth-order valence-electron chi connectivity index (χ4n) is 7.67. The molecule has 3 fully saturated rings. The highest BCUT2D eigenvalue weighted by Gasteiger charge is 2.36. The Balaban J connectivity index is 1.09. The van der Waals surface area contributed by atoms with Gasteiger partial charge in [0, 0.05) is 63.3 Å². The van der Waals surface area contributed by atoms with Crippen molar-refractivity contribution in [3.8, 4) is 0 Å². The number of likely N-dealkylation sites (tertiary alicyclic amines) is 2. The van der Waals surface area contributed by atoms with E-state index in [-0.39, 0.29) is 30.3 Å². The average molecular weight is 670 g/mol. The lowest BCUT2D eigenvalue weighted by Gasteiger charge is -2.41. The predicted octanol–water partition coefficient (Wildman–Crippen LogP) is 4.51. The topological polar surface area (TPSA) is 105 Å². The number of nitrogen functional groups attached to an aromatic ring is 1. The minimum absolute atomic E-state index is 0.00172. The molecule has 0 aliphatic carbocycles. The molecule has 0 spiro atoms. The van der Waals surface area contributed by atoms with Gasteiger partial charge in [-0.25, -0.2) is 4.79 Å². The molecule has 4 amide bonds. The molecule has 2 aromatic rings. The normalized spacial score (nSPS) is 21.5. The largest absolute Gasteiger partial charge is 0.397 e. The lowest BCUT2D eigenvalue weighted by Crippen LogP contribution is -2.51. The molecule has 6 rings (SSSR count). The van der Waals surface area contributed by atoms with Crippen LogP contribution in [0.2, 0.25) is 5.02 Å². The molecule has 0 radical (unpaired) electrons. The van der Waals surface area contributed by atoms with Crippen molar-refractivity contribution in [3.05, 3.63) is 45.3 Å². The minimum Gasteiger partial charge on any atom is -0.397 e. The SMILES string of the molecule is Cc1cc(C[C@@H](CC(=O)N2CCC(N3Cc4ccsc4NC3=O)CC2)C(=O)N2CCC(N3CCCN(C)CC3)CC2)cc(Cl)c1N. The van der Waals surface area contributed by atoms with Crippen molar-refractivity contribution >= 4 is 51.5 Å². The number of piperidine rings is 2. The Morgan fingerprint density at radius 3 is 2.46 bits per heavy atom. The summed E-state index contributed by atoms with van der Waals surface area (Å²) in [5.74, 6) is -0.418. The maximum atomic E-state index is 14.1. The van der Waals surface area contributed by atoms with Crippen LogP contribution in [0.5, 0.6) is 0 Å². The van der Waals surface area contributed by atoms with Crippen LogP contribution < -0.4 is 11.1 Å². The number of nitrogens with one attached hydrogen (secondary N) is 1. The van der Waals surface area contributed by atoms with Gasteiger partial charge in [0.05, 0.1) is 23.2 Å². The molecule has 0 bridgehead atoms. The average Bonchev–Trinajstić information content (AvgIpc) is 3.40. The Bertz CT molecular complexity index is 1400. The van der Waals surface area contributed by atoms with Crippen LogP contribution in [-0.4, -0.2) is 114 Å². The number of urea groups is 1. The number of likely N-dealkylation sites (N-methyl/N-ethyl adjacent to an activating group) is 1. The summed E-state index contributed by atoms with van der Waals surface area (Å²) in [5.41, 5.74) is 9.61. The van der Waals surface area contributed by atoms with Crippen molar-refractivity contribution in [2.75, 3.05) is 70.5 Å². The quantitative estimate of drug-likeness (QED) is 0.421. The van der Waals surface area contributed by atoms with E-state index in [0.29, 0.717) is 42.8 Å². The van der Waals surface area contributed by atoms with Crippen LogP contribution in [0.25, 0.3) is 0 Å². The molecule has 1 aromatic heterocycles. The van der Waals surface area contributed by atoms with Crippen LogP contribution in [-0.2, 0) is 22.6 Å². The number of rotatable bonds is 7. The van der Waals surface area contributed by atoms with Crippen LogP contribution >= 0.6 is 22.9 Å². The predicted molar refractivity (Wildman–Crippen MR) is 184 cm³/mol. The molecule has 0 unspecified atom stereocenters. The third kappa shape index (κ3) is 7.48. The number of thiophene rings is 1. The second kappa shape index (κ2) is 14.5. The summed E-state index contributed by atoms with van der Waals surface area (Å²) >= 11 is 7.99. The first-order valence-corrected chi connectivity index (χ1v) is 18.1. The molecule has 4 aliphatic heterocycles. The number of hydrogen-bond acceptors (Lipinski definition) is 7. The van der Waals surface area contributed by atoms with E-state index >= 15 is 0 Å². The highest BCUT2D eigenvalue weighted by Crippen LogP contribution is 2.32. The van der Waals surface area contributed by atoms with Gasteiger partial charge in [-0.3, -0.25) is 19.8 Å². The summed E-state index contributed by atoms with van der Waals surface area (Å²) in [6, 6.07) is 6.42. The van der Waals surface area contributed by atoms with Gasteiger partial charge in [0.15, 0.2) is 0 Å². The van der Waals surface area contributed by atoms with Crippen molar-refractivity contribution < 1.29 is 14.4 Å². The van der Waals surface area contributed by atoms with Crippen LogP contribution in [0.15, 0.2) is 23.6 Å². The van der Waals surface area contributed by atoms with Gasteiger partial charge in [0.2, 0.25) is 11.8 Å². The number of nitrogens with zero attached hydrogens (tertiary/aromatic N) is 5. The first kappa shape index (κ1) is 33.1. The van der Waals surface area contributed by atoms with Gasteiger partial charge in [0.1, 0.15) is 5.00 Å². The minimum atomic E-state index is -0.474. The number of amides is 4. The molecule has 5 heterocycles. The first-order valence-electron chi connectivity index (χ1n) is 16.8. The fourth-order valence-corrected chi connectivity index (χ4v) is 8.76. The van der Waals surface area contributed by atoms with Gasteiger partial charge < -0.3 is 25.3 Å². The number of fused-ring (bicyclic) bond motifs is 1. The molecule has 12 heteroatoms. The summed E-state index contributed by atoms with van der Waals surface area (Å²) in [6.45, 7) is 9.54. The summed E-state index contributed by atoms with van der Waals surface area (Å²) in [6.07, 6.45) is 5.17. The van der Waals surface area contributed by atoms with Gasteiger partial charge >= 0.3 is 6.03 Å². The zero-order valence-electron chi connectivity index (χ0n) is 27.2. The number of benzene rings is 1. The molecule has 4 aliphatic rings. The molecule has 1 aromatic carbocycles. The number of carbonyl (C=O) groups is 3. The summed E-state index contributed by atoms with van der Waals surface area (Å²) in [4.78, 5) is 51.5. The van der Waals surface area contributed by atoms with E-state index in [4.69, 9.17) is 17.3 Å². The lowest BCUT2D eigenvalue weighted by molar-refractivity contribution is -0.143. The van der Waals surface area contributed by atoms with E-state index in [1.807, 2.05) is 39.1 Å². The molecule has 3 saturated heterocycles. The van der Waals surface area contributed by atoms with Gasteiger partial charge in [-0.1, -0.05) is 17.7 Å². The van der Waals surface area contributed by atoms with Gasteiger partial charge in [-0.15, -0.1) is 11.3 Å². The molecule has 46 heavy (non-hydrogen) atoms. The summed E-state index contributed by atoms with van der Waals surface area (Å²) in [7, 11) is 2.19. The van der Waals surface area contributed by atoms with Crippen LogP contribution in [0.1, 0.15) is 55.2 Å². The van der Waals surface area contributed by atoms with Gasteiger partial charge in [0.25, 0.3) is 0 Å². The number of nitrogens with two attached hydrogens (primary N) is 1. The van der Waals surface area contributed by atoms with E-state index in [0.717, 1.165) is 86.6 Å². The molecular formula is C34H48ClN7O3S. The maximum absolute atomic E-state index is 14.1. The molecule has 250 valence electrons. The second-order valence-corrected chi connectivity index (χ2v) is 14.9. The molecule has 1 atom stereocenters. The van der Waals surface area contributed by atoms with Crippen LogP contribution in [0, 0.1) is 12.8 Å². The van der Waals surface area contributed by atoms with Crippen LogP contribution in [0.3, 0.4) is 0 Å². The third-order valence-electron chi connectivity index (χ3n) is 10.5. The Kier molecular flexibility index (Phi) is 10.4. The van der Waals surface area contributed by atoms with E-state index < -0.39 is 5.92 Å². The fraction of sp³-hybridized carbons (Fsp3) is 0.618. The zero-order chi connectivity index (χ0) is 32.4. The van der Waals surface area contributed by atoms with E-state index in [1.165, 1.54) is 6.42 Å². The second-order valence-electron chi connectivity index (χ2n) is 13.6. The van der Waals surface area contributed by atoms with Crippen molar-refractivity contribution in [2.24, 2.45) is 5.92 Å². The number of hydrogen-bond donors (Lipinski definition) is 2. The van der Waals surface area contributed by atoms with E-state index in [9.17, 15) is 14.4 Å². The Morgan fingerprint density at radius 2 is 1.72 bits per heavy atom. The Labute approximate surface area is 281 Å². The zero-order valence-corrected chi connectivity index (χ0v) is 28.8. The van der Waals surface area contributed by atoms with E-state index in [1.54, 1.807) is 11.3 Å². The highest BCUT2D eigenvalue weighted by molar-refractivity contribution is 7.14. The van der Waals surface area contributed by atoms with Crippen molar-refractivity contribution in [1.82, 2.24) is 24.5 Å². The first-order chi connectivity index (χ1) is 22.2. The number of aryl methyl sites for hydroxylation is 1. The summed E-state index contributed by atoms with van der Waals surface area (Å²) < 4.78 is 0. The molecular weight excluding hydrogens is 622 g/mol. The number of carbonyl (C=O) groups excluding carboxylic acids is 3. The third-order valence-corrected chi connectivity index (χ3v) is 11.7. The number of anilines is 2. The van der Waals surface area contributed by atoms with Crippen molar-refractivity contribution in [2.45, 2.75) is 70.5 Å². The molecule has 3 N–H and O–H groups in total. The van der Waals surface area contributed by atoms with E-state index in [2.05, 4.69) is 28.2 Å². The molecule has 10 nitrogen and oxygen atoms in total.